The number of ether oxygens (including phenoxy) is 1. The number of nitro groups is 1. The van der Waals surface area contributed by atoms with Crippen LogP contribution in [0.15, 0.2) is 42.5 Å². The smallest absolute Gasteiger partial charge is 0.311 e. The Morgan fingerprint density at radius 1 is 1.11 bits per heavy atom. The van der Waals surface area contributed by atoms with Crippen molar-refractivity contribution in [1.82, 2.24) is 0 Å². The van der Waals surface area contributed by atoms with Crippen molar-refractivity contribution in [3.8, 4) is 5.75 Å². The van der Waals surface area contributed by atoms with E-state index in [2.05, 4.69) is 10.2 Å². The molecule has 0 radical (unpaired) electrons. The highest BCUT2D eigenvalue weighted by Crippen LogP contribution is 2.30. The number of nitrogens with zero attached hydrogens (tertiary/aromatic N) is 2. The Bertz CT molecular complexity index is 830. The van der Waals surface area contributed by atoms with Crippen molar-refractivity contribution in [2.75, 3.05) is 30.4 Å². The molecule has 7 heteroatoms. The van der Waals surface area contributed by atoms with Gasteiger partial charge in [0.2, 0.25) is 0 Å². The van der Waals surface area contributed by atoms with Crippen LogP contribution in [0, 0.1) is 10.1 Å². The average Bonchev–Trinajstić information content (AvgIpc) is 2.97. The van der Waals surface area contributed by atoms with E-state index in [0.717, 1.165) is 31.6 Å². The fourth-order valence-electron chi connectivity index (χ4n) is 3.34. The second-order valence-electron chi connectivity index (χ2n) is 6.52. The van der Waals surface area contributed by atoms with E-state index in [1.165, 1.54) is 38.2 Å². The number of benzene rings is 2. The van der Waals surface area contributed by atoms with Crippen LogP contribution in [0.4, 0.5) is 17.1 Å². The van der Waals surface area contributed by atoms with Crippen molar-refractivity contribution < 1.29 is 14.5 Å². The van der Waals surface area contributed by atoms with Gasteiger partial charge in [-0.15, -0.1) is 0 Å². The number of carbonyl (C=O) groups excluding carboxylic acids is 1. The molecule has 1 aliphatic rings. The van der Waals surface area contributed by atoms with Crippen molar-refractivity contribution in [1.29, 1.82) is 0 Å². The van der Waals surface area contributed by atoms with Crippen molar-refractivity contribution in [3.05, 3.63) is 58.1 Å². The minimum absolute atomic E-state index is 0.126. The van der Waals surface area contributed by atoms with Gasteiger partial charge in [0.15, 0.2) is 5.75 Å². The second-order valence-corrected chi connectivity index (χ2v) is 6.52. The molecule has 1 fully saturated rings. The molecule has 2 aromatic carbocycles. The molecule has 0 aromatic heterocycles. The molecule has 0 saturated carbocycles. The summed E-state index contributed by atoms with van der Waals surface area (Å²) in [6.45, 7) is 1.92. The number of methoxy groups -OCH3 is 1. The van der Waals surface area contributed by atoms with Gasteiger partial charge in [-0.05, 0) is 37.1 Å². The first kappa shape index (κ1) is 18.7. The normalized spacial score (nSPS) is 14.3. The number of para-hydroxylation sites is 2. The number of nitrogens with one attached hydrogen (secondary N) is 1. The van der Waals surface area contributed by atoms with Crippen LogP contribution in [0.25, 0.3) is 0 Å². The van der Waals surface area contributed by atoms with Crippen molar-refractivity contribution in [2.45, 2.75) is 25.7 Å². The molecule has 27 heavy (non-hydrogen) atoms. The molecular weight excluding hydrogens is 346 g/mol. The third-order valence-corrected chi connectivity index (χ3v) is 4.74. The first-order chi connectivity index (χ1) is 13.1. The lowest BCUT2D eigenvalue weighted by Gasteiger charge is -2.25. The van der Waals surface area contributed by atoms with Crippen molar-refractivity contribution in [3.63, 3.8) is 0 Å². The minimum Gasteiger partial charge on any atom is -0.490 e. The summed E-state index contributed by atoms with van der Waals surface area (Å²) in [5, 5.41) is 14.1. The number of hydrogen-bond acceptors (Lipinski definition) is 5. The Balaban J connectivity index is 1.84. The predicted molar refractivity (Wildman–Crippen MR) is 105 cm³/mol. The molecule has 7 nitrogen and oxygen atoms in total. The van der Waals surface area contributed by atoms with Gasteiger partial charge in [-0.2, -0.15) is 0 Å². The van der Waals surface area contributed by atoms with Gasteiger partial charge in [0.25, 0.3) is 5.91 Å². The summed E-state index contributed by atoms with van der Waals surface area (Å²) in [4.78, 5) is 25.6. The van der Waals surface area contributed by atoms with Crippen LogP contribution in [-0.2, 0) is 0 Å². The standard InChI is InChI=1S/C20H23N3O4/c1-27-19-11-10-15(14-18(19)23(25)26)20(24)21-16-8-4-5-9-17(16)22-12-6-2-3-7-13-22/h4-5,8-11,14H,2-3,6-7,12-13H2,1H3,(H,21,24). The predicted octanol–water partition coefficient (Wildman–Crippen LogP) is 4.24. The number of carbonyl (C=O) groups is 1. The molecule has 0 atom stereocenters. The Morgan fingerprint density at radius 2 is 1.81 bits per heavy atom. The number of hydrogen-bond donors (Lipinski definition) is 1. The quantitative estimate of drug-likeness (QED) is 0.629. The number of nitro benzene ring substituents is 1. The van der Waals surface area contributed by atoms with E-state index in [0.29, 0.717) is 5.69 Å². The molecule has 2 aromatic rings. The van der Waals surface area contributed by atoms with Crippen molar-refractivity contribution in [2.24, 2.45) is 0 Å². The molecule has 0 bridgehead atoms. The highest BCUT2D eigenvalue weighted by atomic mass is 16.6. The minimum atomic E-state index is -0.555. The van der Waals surface area contributed by atoms with E-state index in [1.807, 2.05) is 24.3 Å². The average molecular weight is 369 g/mol. The zero-order valence-electron chi connectivity index (χ0n) is 15.3. The maximum absolute atomic E-state index is 12.7. The lowest BCUT2D eigenvalue weighted by atomic mass is 10.1. The van der Waals surface area contributed by atoms with Gasteiger partial charge in [0.1, 0.15) is 0 Å². The van der Waals surface area contributed by atoms with Crippen LogP contribution in [0.5, 0.6) is 5.75 Å². The van der Waals surface area contributed by atoms with Gasteiger partial charge in [-0.3, -0.25) is 14.9 Å². The lowest BCUT2D eigenvalue weighted by Crippen LogP contribution is -2.25. The van der Waals surface area contributed by atoms with Crippen LogP contribution in [0.2, 0.25) is 0 Å². The zero-order chi connectivity index (χ0) is 19.2. The first-order valence-electron chi connectivity index (χ1n) is 9.08. The van der Waals surface area contributed by atoms with E-state index < -0.39 is 4.92 Å². The van der Waals surface area contributed by atoms with Crippen LogP contribution in [0.3, 0.4) is 0 Å². The molecule has 1 heterocycles. The van der Waals surface area contributed by atoms with Gasteiger partial charge in [-0.1, -0.05) is 25.0 Å². The molecule has 0 unspecified atom stereocenters. The molecule has 1 aliphatic heterocycles. The topological polar surface area (TPSA) is 84.7 Å². The highest BCUT2D eigenvalue weighted by Gasteiger charge is 2.20. The zero-order valence-corrected chi connectivity index (χ0v) is 15.3. The summed E-state index contributed by atoms with van der Waals surface area (Å²) in [5.74, 6) is -0.260. The molecular formula is C20H23N3O4. The Kier molecular flexibility index (Phi) is 5.90. The molecule has 142 valence electrons. The van der Waals surface area contributed by atoms with Gasteiger partial charge in [0, 0.05) is 24.7 Å². The number of amides is 1. The maximum Gasteiger partial charge on any atom is 0.311 e. The largest absolute Gasteiger partial charge is 0.490 e. The van der Waals surface area contributed by atoms with Crippen LogP contribution >= 0.6 is 0 Å². The fourth-order valence-corrected chi connectivity index (χ4v) is 3.34. The molecule has 1 amide bonds. The van der Waals surface area contributed by atoms with Gasteiger partial charge < -0.3 is 15.0 Å². The van der Waals surface area contributed by atoms with Crippen LogP contribution in [0.1, 0.15) is 36.0 Å². The number of rotatable bonds is 5. The van der Waals surface area contributed by atoms with Crippen molar-refractivity contribution >= 4 is 23.0 Å². The Hall–Kier alpha value is -3.09. The molecule has 0 spiro atoms. The monoisotopic (exact) mass is 369 g/mol. The lowest BCUT2D eigenvalue weighted by molar-refractivity contribution is -0.385. The maximum atomic E-state index is 12.7. The van der Waals surface area contributed by atoms with E-state index in [9.17, 15) is 14.9 Å². The van der Waals surface area contributed by atoms with Gasteiger partial charge >= 0.3 is 5.69 Å². The van der Waals surface area contributed by atoms with Crippen LogP contribution < -0.4 is 15.0 Å². The second kappa shape index (κ2) is 8.53. The summed E-state index contributed by atoms with van der Waals surface area (Å²) < 4.78 is 4.99. The summed E-state index contributed by atoms with van der Waals surface area (Å²) in [7, 11) is 1.36. The van der Waals surface area contributed by atoms with Gasteiger partial charge in [-0.25, -0.2) is 0 Å². The van der Waals surface area contributed by atoms with Gasteiger partial charge in [0.05, 0.1) is 23.4 Å². The highest BCUT2D eigenvalue weighted by molar-refractivity contribution is 6.06. The third kappa shape index (κ3) is 4.36. The molecule has 0 aliphatic carbocycles. The summed E-state index contributed by atoms with van der Waals surface area (Å²) in [6.07, 6.45) is 4.71. The summed E-state index contributed by atoms with van der Waals surface area (Å²) in [5.41, 5.74) is 1.68. The summed E-state index contributed by atoms with van der Waals surface area (Å²) >= 11 is 0. The van der Waals surface area contributed by atoms with E-state index in [-0.39, 0.29) is 22.9 Å². The Morgan fingerprint density at radius 3 is 2.48 bits per heavy atom. The molecule has 3 rings (SSSR count). The first-order valence-corrected chi connectivity index (χ1v) is 9.08. The van der Waals surface area contributed by atoms with Crippen LogP contribution in [-0.4, -0.2) is 31.0 Å². The SMILES string of the molecule is COc1ccc(C(=O)Nc2ccccc2N2CCCCCC2)cc1[N+](=O)[O-]. The van der Waals surface area contributed by atoms with E-state index >= 15 is 0 Å². The molecule has 1 saturated heterocycles. The molecule has 1 N–H and O–H groups in total. The van der Waals surface area contributed by atoms with E-state index in [1.54, 1.807) is 0 Å². The fraction of sp³-hybridized carbons (Fsp3) is 0.350. The summed E-state index contributed by atoms with van der Waals surface area (Å²) in [6, 6.07) is 11.9. The number of anilines is 2. The Labute approximate surface area is 158 Å². The third-order valence-electron chi connectivity index (χ3n) is 4.74. The van der Waals surface area contributed by atoms with E-state index in [4.69, 9.17) is 4.74 Å².